The number of rotatable bonds is 3. The monoisotopic (exact) mass is 457 g/mol. The van der Waals surface area contributed by atoms with Gasteiger partial charge < -0.3 is 9.47 Å². The van der Waals surface area contributed by atoms with E-state index in [0.29, 0.717) is 28.3 Å². The number of hydrogen-bond acceptors (Lipinski definition) is 5. The Morgan fingerprint density at radius 2 is 2.08 bits per heavy atom. The van der Waals surface area contributed by atoms with Crippen LogP contribution in [0, 0.1) is 13.8 Å². The lowest BCUT2D eigenvalue weighted by atomic mass is 10.2. The van der Waals surface area contributed by atoms with E-state index in [-0.39, 0.29) is 17.5 Å². The Morgan fingerprint density at radius 3 is 2.75 bits per heavy atom. The first-order valence-corrected chi connectivity index (χ1v) is 9.27. The fourth-order valence-corrected chi connectivity index (χ4v) is 4.00. The van der Waals surface area contributed by atoms with Gasteiger partial charge in [0, 0.05) is 12.7 Å². The molecule has 6 nitrogen and oxygen atoms in total. The molecule has 0 amide bonds. The van der Waals surface area contributed by atoms with Crippen molar-refractivity contribution in [2.75, 3.05) is 6.61 Å². The zero-order chi connectivity index (χ0) is 17.3. The third-order valence-corrected chi connectivity index (χ3v) is 4.73. The second-order valence-electron chi connectivity index (χ2n) is 5.66. The van der Waals surface area contributed by atoms with Crippen LogP contribution in [0.3, 0.4) is 0 Å². The lowest BCUT2D eigenvalue weighted by molar-refractivity contribution is -0.0430. The van der Waals surface area contributed by atoms with E-state index in [1.807, 2.05) is 13.8 Å². The van der Waals surface area contributed by atoms with E-state index in [0.717, 1.165) is 23.7 Å². The van der Waals surface area contributed by atoms with Crippen molar-refractivity contribution in [3.63, 3.8) is 0 Å². The average molecular weight is 459 g/mol. The highest BCUT2D eigenvalue weighted by Crippen LogP contribution is 2.33. The normalized spacial score (nSPS) is 17.8. The summed E-state index contributed by atoms with van der Waals surface area (Å²) in [6.07, 6.45) is 2.47. The van der Waals surface area contributed by atoms with E-state index >= 15 is 0 Å². The largest absolute Gasteiger partial charge is 0.448 e. The van der Waals surface area contributed by atoms with Gasteiger partial charge in [0.15, 0.2) is 17.7 Å². The Balaban J connectivity index is 2.00. The van der Waals surface area contributed by atoms with Crippen LogP contribution in [0.2, 0.25) is 0 Å². The van der Waals surface area contributed by atoms with Crippen molar-refractivity contribution in [2.45, 2.75) is 39.3 Å². The Bertz CT molecular complexity index is 794. The highest BCUT2D eigenvalue weighted by Gasteiger charge is 2.21. The summed E-state index contributed by atoms with van der Waals surface area (Å²) in [7, 11) is 0. The highest BCUT2D eigenvalue weighted by atomic mass is 79.9. The molecule has 0 aliphatic carbocycles. The third kappa shape index (κ3) is 3.70. The van der Waals surface area contributed by atoms with E-state index in [4.69, 9.17) is 9.47 Å². The summed E-state index contributed by atoms with van der Waals surface area (Å²) in [5, 5.41) is 4.32. The molecule has 0 aromatic carbocycles. The van der Waals surface area contributed by atoms with Crippen LogP contribution in [-0.4, -0.2) is 21.4 Å². The van der Waals surface area contributed by atoms with Crippen LogP contribution in [0.15, 0.2) is 26.0 Å². The van der Waals surface area contributed by atoms with Crippen molar-refractivity contribution >= 4 is 31.9 Å². The minimum atomic E-state index is -0.332. The van der Waals surface area contributed by atoms with Gasteiger partial charge in [-0.05, 0) is 71.0 Å². The molecule has 24 heavy (non-hydrogen) atoms. The van der Waals surface area contributed by atoms with Crippen LogP contribution >= 0.6 is 31.9 Å². The van der Waals surface area contributed by atoms with Crippen molar-refractivity contribution in [3.05, 3.63) is 43.0 Å². The van der Waals surface area contributed by atoms with Crippen molar-refractivity contribution in [1.29, 1.82) is 0 Å². The summed E-state index contributed by atoms with van der Waals surface area (Å²) >= 11 is 6.78. The smallest absolute Gasteiger partial charge is 0.312 e. The van der Waals surface area contributed by atoms with Gasteiger partial charge in [0.25, 0.3) is 0 Å². The van der Waals surface area contributed by atoms with Crippen LogP contribution in [0.1, 0.15) is 36.9 Å². The summed E-state index contributed by atoms with van der Waals surface area (Å²) in [6, 6.07) is 3.41. The van der Waals surface area contributed by atoms with Gasteiger partial charge in [0.1, 0.15) is 4.60 Å². The van der Waals surface area contributed by atoms with Gasteiger partial charge in [0.2, 0.25) is 0 Å². The minimum absolute atomic E-state index is 0.213. The molecule has 2 aromatic heterocycles. The summed E-state index contributed by atoms with van der Waals surface area (Å²) in [4.78, 5) is 17.1. The maximum Gasteiger partial charge on any atom is 0.312 e. The summed E-state index contributed by atoms with van der Waals surface area (Å²) in [5.74, 6) is 0.724. The Morgan fingerprint density at radius 1 is 1.29 bits per heavy atom. The highest BCUT2D eigenvalue weighted by molar-refractivity contribution is 9.11. The maximum absolute atomic E-state index is 12.8. The average Bonchev–Trinajstić information content (AvgIpc) is 2.54. The lowest BCUT2D eigenvalue weighted by Gasteiger charge is -2.24. The molecule has 0 bridgehead atoms. The van der Waals surface area contributed by atoms with Crippen LogP contribution < -0.4 is 10.3 Å². The van der Waals surface area contributed by atoms with Gasteiger partial charge >= 0.3 is 5.56 Å². The van der Waals surface area contributed by atoms with Gasteiger partial charge in [-0.2, -0.15) is 9.78 Å². The molecule has 1 aliphatic rings. The number of halogens is 2. The number of ether oxygens (including phenoxy) is 2. The molecular weight excluding hydrogens is 442 g/mol. The molecule has 0 spiro atoms. The summed E-state index contributed by atoms with van der Waals surface area (Å²) < 4.78 is 14.4. The number of nitrogens with zero attached hydrogens (tertiary/aromatic N) is 3. The lowest BCUT2D eigenvalue weighted by Crippen LogP contribution is -2.32. The molecule has 0 saturated carbocycles. The van der Waals surface area contributed by atoms with Crippen molar-refractivity contribution < 1.29 is 9.47 Å². The van der Waals surface area contributed by atoms with Gasteiger partial charge in [-0.25, -0.2) is 4.98 Å². The van der Waals surface area contributed by atoms with Crippen LogP contribution in [-0.2, 0) is 4.74 Å². The zero-order valence-corrected chi connectivity index (χ0v) is 16.6. The predicted molar refractivity (Wildman–Crippen MR) is 96.5 cm³/mol. The van der Waals surface area contributed by atoms with E-state index in [1.165, 1.54) is 4.68 Å². The fourth-order valence-electron chi connectivity index (χ4n) is 2.61. The first-order chi connectivity index (χ1) is 11.5. The predicted octanol–water partition coefficient (Wildman–Crippen LogP) is 4.27. The first-order valence-electron chi connectivity index (χ1n) is 7.68. The quantitative estimate of drug-likeness (QED) is 0.642. The van der Waals surface area contributed by atoms with Gasteiger partial charge in [-0.1, -0.05) is 0 Å². The molecule has 0 radical (unpaired) electrons. The van der Waals surface area contributed by atoms with Crippen LogP contribution in [0.4, 0.5) is 0 Å². The minimum Gasteiger partial charge on any atom is -0.448 e. The topological polar surface area (TPSA) is 66.2 Å². The molecule has 1 aliphatic heterocycles. The number of hydrogen-bond donors (Lipinski definition) is 0. The molecule has 8 heteroatoms. The Hall–Kier alpha value is -1.25. The molecule has 1 unspecified atom stereocenters. The van der Waals surface area contributed by atoms with E-state index in [2.05, 4.69) is 41.9 Å². The van der Waals surface area contributed by atoms with Gasteiger partial charge in [-0.3, -0.25) is 4.79 Å². The standard InChI is InChI=1S/C16H17Br2N3O3/c1-9-7-12(24-15-10(2)19-13(18)8-11(15)17)16(22)21(20-9)14-5-3-4-6-23-14/h7-8,14H,3-6H2,1-2H3. The van der Waals surface area contributed by atoms with Gasteiger partial charge in [0.05, 0.1) is 15.9 Å². The third-order valence-electron chi connectivity index (χ3n) is 3.73. The number of pyridine rings is 1. The Labute approximate surface area is 156 Å². The molecule has 1 atom stereocenters. The summed E-state index contributed by atoms with van der Waals surface area (Å²) in [6.45, 7) is 4.29. The van der Waals surface area contributed by atoms with E-state index in [9.17, 15) is 4.79 Å². The molecular formula is C16H17Br2N3O3. The van der Waals surface area contributed by atoms with Crippen molar-refractivity contribution in [1.82, 2.24) is 14.8 Å². The van der Waals surface area contributed by atoms with Crippen LogP contribution in [0.5, 0.6) is 11.5 Å². The molecule has 3 heterocycles. The number of aryl methyl sites for hydroxylation is 2. The van der Waals surface area contributed by atoms with Crippen molar-refractivity contribution in [3.8, 4) is 11.5 Å². The van der Waals surface area contributed by atoms with E-state index in [1.54, 1.807) is 12.1 Å². The summed E-state index contributed by atoms with van der Waals surface area (Å²) in [5.41, 5.74) is 1.06. The second-order valence-corrected chi connectivity index (χ2v) is 7.33. The molecule has 1 saturated heterocycles. The first kappa shape index (κ1) is 17.6. The molecule has 2 aromatic rings. The molecule has 0 N–H and O–H groups in total. The SMILES string of the molecule is Cc1cc(Oc2c(Br)cc(Br)nc2C)c(=O)n(C2CCCCO2)n1. The van der Waals surface area contributed by atoms with Crippen LogP contribution in [0.25, 0.3) is 0 Å². The molecule has 1 fully saturated rings. The maximum atomic E-state index is 12.8. The molecule has 3 rings (SSSR count). The van der Waals surface area contributed by atoms with E-state index < -0.39 is 0 Å². The Kier molecular flexibility index (Phi) is 5.36. The van der Waals surface area contributed by atoms with Crippen molar-refractivity contribution in [2.24, 2.45) is 0 Å². The van der Waals surface area contributed by atoms with Gasteiger partial charge in [-0.15, -0.1) is 0 Å². The second kappa shape index (κ2) is 7.33. The number of aromatic nitrogens is 3. The fraction of sp³-hybridized carbons (Fsp3) is 0.438. The zero-order valence-electron chi connectivity index (χ0n) is 13.4. The molecule has 128 valence electrons.